The van der Waals surface area contributed by atoms with Crippen LogP contribution in [-0.2, 0) is 14.3 Å². The summed E-state index contributed by atoms with van der Waals surface area (Å²) in [6.45, 7) is 3.93. The number of cyclic esters (lactones) is 1. The number of carbonyl (C=O) groups is 2. The first-order valence-corrected chi connectivity index (χ1v) is 8.19. The van der Waals surface area contributed by atoms with Gasteiger partial charge in [-0.3, -0.25) is 9.59 Å². The van der Waals surface area contributed by atoms with E-state index in [1.54, 1.807) is 12.4 Å². The maximum Gasteiger partial charge on any atom is 0.310 e. The van der Waals surface area contributed by atoms with Crippen LogP contribution in [0.3, 0.4) is 0 Å². The summed E-state index contributed by atoms with van der Waals surface area (Å²) in [5.74, 6) is -0.506. The molecule has 2 atom stereocenters. The van der Waals surface area contributed by atoms with Crippen molar-refractivity contribution < 1.29 is 14.3 Å². The Morgan fingerprint density at radius 3 is 3.05 bits per heavy atom. The summed E-state index contributed by atoms with van der Waals surface area (Å²) in [6.07, 6.45) is 4.51. The highest BCUT2D eigenvalue weighted by molar-refractivity contribution is 7.13. The van der Waals surface area contributed by atoms with Crippen molar-refractivity contribution in [2.75, 3.05) is 11.9 Å². The average Bonchev–Trinajstić information content (AvgIpc) is 3.06. The van der Waals surface area contributed by atoms with Gasteiger partial charge in [-0.05, 0) is 13.3 Å². The van der Waals surface area contributed by atoms with Gasteiger partial charge in [0.2, 0.25) is 5.13 Å². The highest BCUT2D eigenvalue weighted by Crippen LogP contribution is 2.34. The largest absolute Gasteiger partial charge is 0.451 e. The van der Waals surface area contributed by atoms with E-state index in [4.69, 9.17) is 4.74 Å². The first kappa shape index (κ1) is 15.9. The van der Waals surface area contributed by atoms with Crippen molar-refractivity contribution in [2.24, 2.45) is 5.92 Å². The highest BCUT2D eigenvalue weighted by Gasteiger charge is 2.47. The minimum absolute atomic E-state index is 0.0979. The molecule has 1 N–H and O–H groups in total. The van der Waals surface area contributed by atoms with Crippen LogP contribution < -0.4 is 5.32 Å². The van der Waals surface area contributed by atoms with Crippen molar-refractivity contribution in [1.82, 2.24) is 10.2 Å². The van der Waals surface area contributed by atoms with Gasteiger partial charge in [0, 0.05) is 6.42 Å². The molecule has 0 amide bonds. The molecule has 2 unspecified atom stereocenters. The van der Waals surface area contributed by atoms with Crippen molar-refractivity contribution in [3.05, 3.63) is 5.51 Å². The number of esters is 1. The molecule has 1 aromatic rings. The molecular weight excluding hydrogens is 290 g/mol. The molecule has 2 heterocycles. The third-order valence-electron chi connectivity index (χ3n) is 3.80. The number of nitrogens with one attached hydrogen (secondary N) is 1. The van der Waals surface area contributed by atoms with Gasteiger partial charge in [0.15, 0.2) is 11.4 Å². The van der Waals surface area contributed by atoms with Gasteiger partial charge in [0.05, 0.1) is 12.5 Å². The number of ketones is 1. The Morgan fingerprint density at radius 1 is 1.57 bits per heavy atom. The minimum Gasteiger partial charge on any atom is -0.451 e. The van der Waals surface area contributed by atoms with Gasteiger partial charge in [0.1, 0.15) is 5.51 Å². The van der Waals surface area contributed by atoms with Crippen LogP contribution in [0.1, 0.15) is 46.0 Å². The molecule has 7 heteroatoms. The van der Waals surface area contributed by atoms with E-state index in [0.29, 0.717) is 11.6 Å². The Bertz CT molecular complexity index is 492. The second-order valence-electron chi connectivity index (χ2n) is 5.57. The van der Waals surface area contributed by atoms with Crippen molar-refractivity contribution in [2.45, 2.75) is 51.6 Å². The van der Waals surface area contributed by atoms with Crippen molar-refractivity contribution in [1.29, 1.82) is 0 Å². The molecule has 6 nitrogen and oxygen atoms in total. The molecule has 0 aromatic carbocycles. The second-order valence-corrected chi connectivity index (χ2v) is 6.40. The predicted octanol–water partition coefficient (Wildman–Crippen LogP) is 2.42. The lowest BCUT2D eigenvalue weighted by molar-refractivity contribution is -0.156. The van der Waals surface area contributed by atoms with E-state index < -0.39 is 5.60 Å². The number of nitrogens with zero attached hydrogens (tertiary/aromatic N) is 2. The molecule has 21 heavy (non-hydrogen) atoms. The smallest absolute Gasteiger partial charge is 0.310 e. The van der Waals surface area contributed by atoms with Gasteiger partial charge in [-0.1, -0.05) is 37.5 Å². The van der Waals surface area contributed by atoms with Gasteiger partial charge >= 0.3 is 5.97 Å². The Labute approximate surface area is 128 Å². The third-order valence-corrected chi connectivity index (χ3v) is 4.45. The lowest BCUT2D eigenvalue weighted by Crippen LogP contribution is -2.39. The van der Waals surface area contributed by atoms with E-state index in [2.05, 4.69) is 22.4 Å². The zero-order chi connectivity index (χ0) is 15.3. The Hall–Kier alpha value is -1.50. The molecule has 0 aliphatic carbocycles. The number of Topliss-reactive ketones (excluding diaryl/α,β-unsaturated/α-hetero) is 1. The fourth-order valence-corrected chi connectivity index (χ4v) is 2.97. The van der Waals surface area contributed by atoms with E-state index in [1.165, 1.54) is 11.3 Å². The van der Waals surface area contributed by atoms with Crippen LogP contribution >= 0.6 is 11.3 Å². The molecule has 0 radical (unpaired) electrons. The minimum atomic E-state index is -1.01. The van der Waals surface area contributed by atoms with Gasteiger partial charge in [-0.25, -0.2) is 0 Å². The zero-order valence-electron chi connectivity index (χ0n) is 12.4. The summed E-state index contributed by atoms with van der Waals surface area (Å²) in [5, 5.41) is 11.0. The third kappa shape index (κ3) is 4.00. The van der Waals surface area contributed by atoms with Crippen molar-refractivity contribution in [3.8, 4) is 0 Å². The number of hydrogen-bond donors (Lipinski definition) is 1. The summed E-state index contributed by atoms with van der Waals surface area (Å²) in [6, 6.07) is 0. The fourth-order valence-electron chi connectivity index (χ4n) is 2.52. The molecule has 0 saturated carbocycles. The van der Waals surface area contributed by atoms with Gasteiger partial charge in [0.25, 0.3) is 0 Å². The number of carbonyl (C=O) groups excluding carboxylic acids is 2. The van der Waals surface area contributed by atoms with Gasteiger partial charge in [-0.2, -0.15) is 0 Å². The summed E-state index contributed by atoms with van der Waals surface area (Å²) in [5.41, 5.74) is 0.583. The molecule has 1 aliphatic rings. The zero-order valence-corrected chi connectivity index (χ0v) is 13.2. The topological polar surface area (TPSA) is 81.2 Å². The molecule has 1 saturated heterocycles. The van der Waals surface area contributed by atoms with Crippen molar-refractivity contribution >= 4 is 28.2 Å². The first-order valence-electron chi connectivity index (χ1n) is 7.31. The Balaban J connectivity index is 1.86. The molecule has 0 spiro atoms. The second kappa shape index (κ2) is 6.98. The maximum absolute atomic E-state index is 12.3. The molecule has 2 rings (SSSR count). The first-order chi connectivity index (χ1) is 10.0. The molecule has 116 valence electrons. The summed E-state index contributed by atoms with van der Waals surface area (Å²) >= 11 is 1.33. The average molecular weight is 311 g/mol. The summed E-state index contributed by atoms with van der Waals surface area (Å²) in [4.78, 5) is 24.2. The molecular formula is C14H21N3O3S. The number of anilines is 1. The number of unbranched alkanes of at least 4 members (excludes halogenated alkanes) is 2. The monoisotopic (exact) mass is 311 g/mol. The number of hydrogen-bond acceptors (Lipinski definition) is 7. The predicted molar refractivity (Wildman–Crippen MR) is 80.2 cm³/mol. The summed E-state index contributed by atoms with van der Waals surface area (Å²) in [7, 11) is 0. The van der Waals surface area contributed by atoms with E-state index in [9.17, 15) is 9.59 Å². The van der Waals surface area contributed by atoms with E-state index in [1.807, 2.05) is 0 Å². The Morgan fingerprint density at radius 2 is 2.38 bits per heavy atom. The van der Waals surface area contributed by atoms with Crippen LogP contribution in [0.2, 0.25) is 0 Å². The SMILES string of the molecule is CCCCCC1CC(C)(C(=O)CNc2nncs2)OC1=O. The standard InChI is InChI=1S/C14H21N3O3S/c1-3-4-5-6-10-7-14(2,20-12(10)19)11(18)8-15-13-17-16-9-21-13/h9-10H,3-8H2,1-2H3,(H,15,17). The van der Waals surface area contributed by atoms with E-state index in [-0.39, 0.29) is 24.2 Å². The highest BCUT2D eigenvalue weighted by atomic mass is 32.1. The quantitative estimate of drug-likeness (QED) is 0.586. The maximum atomic E-state index is 12.3. The normalized spacial score (nSPS) is 24.9. The van der Waals surface area contributed by atoms with Crippen LogP contribution in [0.4, 0.5) is 5.13 Å². The summed E-state index contributed by atoms with van der Waals surface area (Å²) < 4.78 is 5.36. The van der Waals surface area contributed by atoms with Crippen LogP contribution in [0.15, 0.2) is 5.51 Å². The molecule has 1 aliphatic heterocycles. The lowest BCUT2D eigenvalue weighted by atomic mass is 9.89. The number of rotatable bonds is 8. The van der Waals surface area contributed by atoms with Crippen LogP contribution in [0.25, 0.3) is 0 Å². The number of aromatic nitrogens is 2. The van der Waals surface area contributed by atoms with Gasteiger partial charge in [-0.15, -0.1) is 10.2 Å². The Kier molecular flexibility index (Phi) is 5.27. The number of ether oxygens (including phenoxy) is 1. The van der Waals surface area contributed by atoms with Gasteiger partial charge < -0.3 is 10.1 Å². The molecule has 1 aromatic heterocycles. The fraction of sp³-hybridized carbons (Fsp3) is 0.714. The lowest BCUT2D eigenvalue weighted by Gasteiger charge is -2.20. The molecule has 0 bridgehead atoms. The van der Waals surface area contributed by atoms with Crippen LogP contribution in [0, 0.1) is 5.92 Å². The van der Waals surface area contributed by atoms with Crippen LogP contribution in [0.5, 0.6) is 0 Å². The molecule has 1 fully saturated rings. The van der Waals surface area contributed by atoms with Crippen molar-refractivity contribution in [3.63, 3.8) is 0 Å². The van der Waals surface area contributed by atoms with E-state index in [0.717, 1.165) is 25.7 Å². The van der Waals surface area contributed by atoms with E-state index >= 15 is 0 Å². The van der Waals surface area contributed by atoms with Crippen LogP contribution in [-0.4, -0.2) is 34.1 Å².